The molecule has 0 saturated heterocycles. The summed E-state index contributed by atoms with van der Waals surface area (Å²) in [6, 6.07) is 9.08. The molecule has 0 saturated carbocycles. The summed E-state index contributed by atoms with van der Waals surface area (Å²) in [7, 11) is 5.42. The first-order chi connectivity index (χ1) is 12.1. The highest BCUT2D eigenvalue weighted by Crippen LogP contribution is 2.25. The molecule has 0 unspecified atom stereocenters. The molecule has 0 aliphatic rings. The number of hydrogen-bond acceptors (Lipinski definition) is 7. The number of ether oxygens (including phenoxy) is 2. The molecule has 8 nitrogen and oxygen atoms in total. The minimum absolute atomic E-state index is 0.0731. The van der Waals surface area contributed by atoms with E-state index in [2.05, 4.69) is 20.8 Å². The lowest BCUT2D eigenvalue weighted by Gasteiger charge is -2.13. The number of anilines is 2. The number of nitrogens with zero attached hydrogens (tertiary/aromatic N) is 3. The highest BCUT2D eigenvalue weighted by Gasteiger charge is 2.06. The van der Waals surface area contributed by atoms with Gasteiger partial charge >= 0.3 is 0 Å². The summed E-state index contributed by atoms with van der Waals surface area (Å²) in [5.74, 6) is 1.58. The van der Waals surface area contributed by atoms with Gasteiger partial charge in [-0.2, -0.15) is 5.10 Å². The smallest absolute Gasteiger partial charge is 0.258 e. The van der Waals surface area contributed by atoms with Crippen LogP contribution in [-0.2, 0) is 4.79 Å². The lowest BCUT2D eigenvalue weighted by molar-refractivity contribution is -0.123. The Morgan fingerprint density at radius 2 is 1.96 bits per heavy atom. The highest BCUT2D eigenvalue weighted by atomic mass is 16.5. The number of rotatable bonds is 9. The largest absolute Gasteiger partial charge is 0.493 e. The van der Waals surface area contributed by atoms with E-state index in [1.807, 2.05) is 37.2 Å². The van der Waals surface area contributed by atoms with Gasteiger partial charge in [0.2, 0.25) is 0 Å². The third-order valence-corrected chi connectivity index (χ3v) is 3.34. The molecule has 1 amide bonds. The predicted molar refractivity (Wildman–Crippen MR) is 96.3 cm³/mol. The number of para-hydroxylation sites is 2. The molecule has 1 aromatic heterocycles. The number of amides is 1. The number of carbonyl (C=O) groups is 1. The Hall–Kier alpha value is -3.03. The molecule has 2 aromatic rings. The number of aromatic nitrogens is 2. The number of hydrogen-bond donors (Lipinski definition) is 2. The third kappa shape index (κ3) is 5.83. The summed E-state index contributed by atoms with van der Waals surface area (Å²) in [4.78, 5) is 13.8. The molecule has 0 radical (unpaired) electrons. The molecule has 0 aliphatic heterocycles. The monoisotopic (exact) mass is 345 g/mol. The van der Waals surface area contributed by atoms with Crippen LogP contribution in [0.1, 0.15) is 0 Å². The van der Waals surface area contributed by atoms with Crippen molar-refractivity contribution in [2.24, 2.45) is 0 Å². The van der Waals surface area contributed by atoms with Crippen molar-refractivity contribution in [3.63, 3.8) is 0 Å². The fraction of sp³-hybridized carbons (Fsp3) is 0.353. The van der Waals surface area contributed by atoms with Gasteiger partial charge in [-0.15, -0.1) is 5.10 Å². The van der Waals surface area contributed by atoms with Crippen LogP contribution in [0.4, 0.5) is 11.5 Å². The molecule has 2 rings (SSSR count). The molecule has 0 spiro atoms. The zero-order valence-corrected chi connectivity index (χ0v) is 14.7. The highest BCUT2D eigenvalue weighted by molar-refractivity contribution is 5.77. The quantitative estimate of drug-likeness (QED) is 0.659. The molecular weight excluding hydrogens is 322 g/mol. The van der Waals surface area contributed by atoms with E-state index in [0.29, 0.717) is 30.4 Å². The normalized spacial score (nSPS) is 10.0. The summed E-state index contributed by atoms with van der Waals surface area (Å²) in [6.07, 6.45) is 1.68. The molecule has 25 heavy (non-hydrogen) atoms. The maximum Gasteiger partial charge on any atom is 0.258 e. The van der Waals surface area contributed by atoms with E-state index >= 15 is 0 Å². The van der Waals surface area contributed by atoms with Gasteiger partial charge in [0, 0.05) is 33.3 Å². The SMILES string of the molecule is COc1ccccc1OCC(=O)NCCNc1cc(N(C)C)cnn1. The van der Waals surface area contributed by atoms with Crippen molar-refractivity contribution in [3.8, 4) is 11.5 Å². The van der Waals surface area contributed by atoms with Crippen molar-refractivity contribution in [1.82, 2.24) is 15.5 Å². The Kier molecular flexibility index (Phi) is 6.82. The van der Waals surface area contributed by atoms with Crippen LogP contribution < -0.4 is 25.0 Å². The molecule has 1 aromatic carbocycles. The van der Waals surface area contributed by atoms with E-state index in [1.54, 1.807) is 25.4 Å². The summed E-state index contributed by atoms with van der Waals surface area (Å²) in [5, 5.41) is 13.8. The Bertz CT molecular complexity index is 693. The van der Waals surface area contributed by atoms with E-state index < -0.39 is 0 Å². The van der Waals surface area contributed by atoms with Gasteiger partial charge in [0.05, 0.1) is 19.0 Å². The second-order valence-corrected chi connectivity index (χ2v) is 5.41. The van der Waals surface area contributed by atoms with Crippen LogP contribution in [0, 0.1) is 0 Å². The minimum Gasteiger partial charge on any atom is -0.493 e. The van der Waals surface area contributed by atoms with Crippen molar-refractivity contribution in [2.75, 3.05) is 51.1 Å². The topological polar surface area (TPSA) is 88.6 Å². The number of methoxy groups -OCH3 is 1. The first-order valence-electron chi connectivity index (χ1n) is 7.86. The van der Waals surface area contributed by atoms with Crippen molar-refractivity contribution >= 4 is 17.4 Å². The van der Waals surface area contributed by atoms with Gasteiger partial charge in [0.25, 0.3) is 5.91 Å². The molecule has 0 atom stereocenters. The minimum atomic E-state index is -0.208. The van der Waals surface area contributed by atoms with Crippen LogP contribution >= 0.6 is 0 Å². The molecule has 0 fully saturated rings. The van der Waals surface area contributed by atoms with Crippen molar-refractivity contribution in [2.45, 2.75) is 0 Å². The number of benzene rings is 1. The molecule has 0 aliphatic carbocycles. The molecule has 134 valence electrons. The summed E-state index contributed by atoms with van der Waals surface area (Å²) in [6.45, 7) is 0.907. The van der Waals surface area contributed by atoms with Crippen molar-refractivity contribution in [1.29, 1.82) is 0 Å². The number of nitrogens with one attached hydrogen (secondary N) is 2. The second kappa shape index (κ2) is 9.31. The molecule has 2 N–H and O–H groups in total. The van der Waals surface area contributed by atoms with Crippen LogP contribution in [-0.4, -0.2) is 57.0 Å². The second-order valence-electron chi connectivity index (χ2n) is 5.41. The van der Waals surface area contributed by atoms with E-state index in [0.717, 1.165) is 5.69 Å². The van der Waals surface area contributed by atoms with Gasteiger partial charge in [0.15, 0.2) is 23.9 Å². The van der Waals surface area contributed by atoms with Crippen LogP contribution in [0.25, 0.3) is 0 Å². The zero-order chi connectivity index (χ0) is 18.1. The average molecular weight is 345 g/mol. The summed E-state index contributed by atoms with van der Waals surface area (Å²) < 4.78 is 10.6. The lowest BCUT2D eigenvalue weighted by Crippen LogP contribution is -2.32. The standard InChI is InChI=1S/C17H23N5O3/c1-22(2)13-10-16(21-20-11-13)18-8-9-19-17(23)12-25-15-7-5-4-6-14(15)24-3/h4-7,10-11H,8-9,12H2,1-3H3,(H,18,21)(H,19,23). The first kappa shape index (κ1) is 18.3. The Balaban J connectivity index is 1.69. The van der Waals surface area contributed by atoms with E-state index in [-0.39, 0.29) is 12.5 Å². The predicted octanol–water partition coefficient (Wildman–Crippen LogP) is 1.16. The average Bonchev–Trinajstić information content (AvgIpc) is 2.64. The molecular formula is C17H23N5O3. The third-order valence-electron chi connectivity index (χ3n) is 3.34. The van der Waals surface area contributed by atoms with Gasteiger partial charge in [-0.3, -0.25) is 4.79 Å². The lowest BCUT2D eigenvalue weighted by atomic mass is 10.3. The van der Waals surface area contributed by atoms with Crippen LogP contribution in [0.3, 0.4) is 0 Å². The zero-order valence-electron chi connectivity index (χ0n) is 14.7. The maximum absolute atomic E-state index is 11.8. The summed E-state index contributed by atoms with van der Waals surface area (Å²) in [5.41, 5.74) is 0.951. The van der Waals surface area contributed by atoms with Crippen molar-refractivity contribution in [3.05, 3.63) is 36.5 Å². The first-order valence-corrected chi connectivity index (χ1v) is 7.86. The summed E-state index contributed by atoms with van der Waals surface area (Å²) >= 11 is 0. The van der Waals surface area contributed by atoms with Crippen molar-refractivity contribution < 1.29 is 14.3 Å². The van der Waals surface area contributed by atoms with E-state index in [9.17, 15) is 4.79 Å². The van der Waals surface area contributed by atoms with Crippen LogP contribution in [0.5, 0.6) is 11.5 Å². The Morgan fingerprint density at radius 3 is 2.68 bits per heavy atom. The van der Waals surface area contributed by atoms with Crippen LogP contribution in [0.2, 0.25) is 0 Å². The van der Waals surface area contributed by atoms with Crippen LogP contribution in [0.15, 0.2) is 36.5 Å². The van der Waals surface area contributed by atoms with Gasteiger partial charge in [-0.25, -0.2) is 0 Å². The Labute approximate surface area is 147 Å². The molecule has 1 heterocycles. The van der Waals surface area contributed by atoms with Gasteiger partial charge in [0.1, 0.15) is 0 Å². The Morgan fingerprint density at radius 1 is 1.20 bits per heavy atom. The van der Waals surface area contributed by atoms with Gasteiger partial charge < -0.3 is 25.0 Å². The van der Waals surface area contributed by atoms with Gasteiger partial charge in [-0.05, 0) is 12.1 Å². The fourth-order valence-electron chi connectivity index (χ4n) is 2.01. The maximum atomic E-state index is 11.8. The fourth-order valence-corrected chi connectivity index (χ4v) is 2.01. The van der Waals surface area contributed by atoms with E-state index in [1.165, 1.54) is 0 Å². The molecule has 0 bridgehead atoms. The number of carbonyl (C=O) groups excluding carboxylic acids is 1. The molecule has 8 heteroatoms. The van der Waals surface area contributed by atoms with E-state index in [4.69, 9.17) is 9.47 Å². The van der Waals surface area contributed by atoms with Gasteiger partial charge in [-0.1, -0.05) is 12.1 Å².